The van der Waals surface area contributed by atoms with E-state index in [1.807, 2.05) is 24.3 Å². The Morgan fingerprint density at radius 2 is 1.89 bits per heavy atom. The van der Waals surface area contributed by atoms with Crippen LogP contribution in [-0.4, -0.2) is 49.9 Å². The third-order valence-corrected chi connectivity index (χ3v) is 8.91. The number of sulfonamides is 1. The molecule has 9 heteroatoms. The predicted molar refractivity (Wildman–Crippen MR) is 104 cm³/mol. The van der Waals surface area contributed by atoms with Crippen molar-refractivity contribution in [2.75, 3.05) is 11.5 Å². The van der Waals surface area contributed by atoms with Gasteiger partial charge in [0.15, 0.2) is 9.84 Å². The molecule has 1 fully saturated rings. The molecule has 2 heterocycles. The van der Waals surface area contributed by atoms with Gasteiger partial charge in [0.05, 0.1) is 41.4 Å². The smallest absolute Gasteiger partial charge is 0.240 e. The first kappa shape index (κ1) is 19.4. The summed E-state index contributed by atoms with van der Waals surface area (Å²) in [5, 5.41) is 10.3. The maximum Gasteiger partial charge on any atom is 0.240 e. The minimum atomic E-state index is -4.00. The summed E-state index contributed by atoms with van der Waals surface area (Å²) in [6.45, 7) is -0.133. The molecule has 1 aliphatic carbocycles. The van der Waals surface area contributed by atoms with E-state index in [0.717, 1.165) is 15.4 Å². The van der Waals surface area contributed by atoms with Gasteiger partial charge in [-0.3, -0.25) is 0 Å². The molecule has 7 nitrogen and oxygen atoms in total. The molecule has 1 saturated heterocycles. The molecule has 1 N–H and O–H groups in total. The van der Waals surface area contributed by atoms with Gasteiger partial charge < -0.3 is 9.52 Å². The molecule has 1 aliphatic heterocycles. The Balaban J connectivity index is 1.74. The Labute approximate surface area is 164 Å². The monoisotopic (exact) mass is 423 g/mol. The average molecular weight is 424 g/mol. The second kappa shape index (κ2) is 7.14. The van der Waals surface area contributed by atoms with Gasteiger partial charge in [0, 0.05) is 0 Å². The van der Waals surface area contributed by atoms with Crippen LogP contribution < -0.4 is 0 Å². The van der Waals surface area contributed by atoms with Crippen molar-refractivity contribution in [1.82, 2.24) is 4.31 Å². The fraction of sp³-hybridized carbons (Fsp3) is 0.368. The molecule has 0 spiro atoms. The normalized spacial score (nSPS) is 24.1. The molecule has 0 saturated carbocycles. The van der Waals surface area contributed by atoms with Crippen LogP contribution in [0.25, 0.3) is 6.08 Å². The first-order valence-electron chi connectivity index (χ1n) is 8.97. The number of benzene rings is 1. The minimum absolute atomic E-state index is 0.133. The number of furan rings is 1. The number of hydrogen-bond acceptors (Lipinski definition) is 6. The summed E-state index contributed by atoms with van der Waals surface area (Å²) in [7, 11) is -7.51. The van der Waals surface area contributed by atoms with Gasteiger partial charge in [0.25, 0.3) is 0 Å². The van der Waals surface area contributed by atoms with Gasteiger partial charge in [0.2, 0.25) is 10.0 Å². The third-order valence-electron chi connectivity index (χ3n) is 5.21. The molecular weight excluding hydrogens is 402 g/mol. The van der Waals surface area contributed by atoms with Crippen molar-refractivity contribution in [3.8, 4) is 0 Å². The van der Waals surface area contributed by atoms with Gasteiger partial charge in [-0.25, -0.2) is 16.8 Å². The van der Waals surface area contributed by atoms with Crippen molar-refractivity contribution in [2.45, 2.75) is 31.5 Å². The summed E-state index contributed by atoms with van der Waals surface area (Å²) in [5.41, 5.74) is 1.91. The predicted octanol–water partition coefficient (Wildman–Crippen LogP) is 1.56. The van der Waals surface area contributed by atoms with E-state index in [-0.39, 0.29) is 11.4 Å². The first-order valence-corrected chi connectivity index (χ1v) is 12.2. The van der Waals surface area contributed by atoms with Gasteiger partial charge in [-0.2, -0.15) is 4.31 Å². The Morgan fingerprint density at radius 3 is 2.57 bits per heavy atom. The lowest BCUT2D eigenvalue weighted by atomic mass is 9.98. The van der Waals surface area contributed by atoms with E-state index in [9.17, 15) is 21.9 Å². The number of rotatable bonds is 5. The van der Waals surface area contributed by atoms with Crippen molar-refractivity contribution < 1.29 is 26.4 Å². The molecule has 0 unspecified atom stereocenters. The molecule has 0 amide bonds. The maximum absolute atomic E-state index is 13.5. The summed E-state index contributed by atoms with van der Waals surface area (Å²) in [5.74, 6) is -0.460. The Hall–Kier alpha value is -1.94. The highest BCUT2D eigenvalue weighted by Gasteiger charge is 2.45. The number of allylic oxidation sites excluding steroid dienone is 1. The average Bonchev–Trinajstić information content (AvgIpc) is 3.25. The zero-order valence-electron chi connectivity index (χ0n) is 15.1. The largest absolute Gasteiger partial charge is 0.468 e. The number of nitrogens with zero attached hydrogens (tertiary/aromatic N) is 1. The van der Waals surface area contributed by atoms with Crippen LogP contribution in [0, 0.1) is 0 Å². The van der Waals surface area contributed by atoms with E-state index in [1.165, 1.54) is 6.26 Å². The van der Waals surface area contributed by atoms with Crippen LogP contribution in [0.2, 0.25) is 0 Å². The van der Waals surface area contributed by atoms with E-state index in [0.29, 0.717) is 18.6 Å². The number of aliphatic hydroxyl groups excluding tert-OH is 1. The van der Waals surface area contributed by atoms with Crippen LogP contribution in [0.5, 0.6) is 0 Å². The van der Waals surface area contributed by atoms with E-state index < -0.39 is 43.5 Å². The number of aryl methyl sites for hydroxylation is 1. The van der Waals surface area contributed by atoms with Gasteiger partial charge in [0.1, 0.15) is 5.76 Å². The molecule has 4 rings (SSSR count). The molecule has 2 atom stereocenters. The quantitative estimate of drug-likeness (QED) is 0.783. The molecule has 0 radical (unpaired) electrons. The molecule has 1 aromatic heterocycles. The summed E-state index contributed by atoms with van der Waals surface area (Å²) < 4.78 is 57.3. The lowest BCUT2D eigenvalue weighted by Crippen LogP contribution is -2.46. The zero-order valence-corrected chi connectivity index (χ0v) is 16.7. The van der Waals surface area contributed by atoms with Crippen LogP contribution in [0.1, 0.15) is 23.3 Å². The lowest BCUT2D eigenvalue weighted by Gasteiger charge is -2.30. The lowest BCUT2D eigenvalue weighted by molar-refractivity contribution is 0.122. The molecular formula is C19H21NO6S2. The van der Waals surface area contributed by atoms with Crippen molar-refractivity contribution in [3.05, 3.63) is 64.5 Å². The Morgan fingerprint density at radius 1 is 1.11 bits per heavy atom. The highest BCUT2D eigenvalue weighted by molar-refractivity contribution is 7.93. The SMILES string of the molecule is O=S1(=O)C[C@@H](O)[C@@H](N(Cc2ccco2)S(=O)(=O)C2=Cc3ccccc3CC2)C1. The van der Waals surface area contributed by atoms with Crippen LogP contribution in [-0.2, 0) is 32.8 Å². The van der Waals surface area contributed by atoms with Crippen LogP contribution in [0.4, 0.5) is 0 Å². The van der Waals surface area contributed by atoms with Crippen LogP contribution in [0.3, 0.4) is 0 Å². The number of hydrogen-bond donors (Lipinski definition) is 1. The highest BCUT2D eigenvalue weighted by atomic mass is 32.2. The second-order valence-electron chi connectivity index (χ2n) is 7.15. The Kier molecular flexibility index (Phi) is 4.95. The van der Waals surface area contributed by atoms with Crippen molar-refractivity contribution in [1.29, 1.82) is 0 Å². The standard InChI is InChI=1S/C19H21NO6S2/c21-19-13-27(22,23)12-18(19)20(11-16-6-3-9-26-16)28(24,25)17-8-7-14-4-1-2-5-15(14)10-17/h1-6,9-10,18-19,21H,7-8,11-13H2/t18-,19+/m0/s1. The summed E-state index contributed by atoms with van der Waals surface area (Å²) in [6.07, 6.45) is 2.70. The number of sulfone groups is 1. The number of fused-ring (bicyclic) bond motifs is 1. The third kappa shape index (κ3) is 3.67. The highest BCUT2D eigenvalue weighted by Crippen LogP contribution is 2.33. The topological polar surface area (TPSA) is 105 Å². The summed E-state index contributed by atoms with van der Waals surface area (Å²) in [4.78, 5) is 0.217. The van der Waals surface area contributed by atoms with Gasteiger partial charge in [-0.15, -0.1) is 0 Å². The van der Waals surface area contributed by atoms with E-state index in [2.05, 4.69) is 0 Å². The first-order chi connectivity index (χ1) is 13.3. The summed E-state index contributed by atoms with van der Waals surface area (Å²) >= 11 is 0. The molecule has 2 aliphatic rings. The van der Waals surface area contributed by atoms with E-state index >= 15 is 0 Å². The van der Waals surface area contributed by atoms with E-state index in [1.54, 1.807) is 18.2 Å². The molecule has 150 valence electrons. The van der Waals surface area contributed by atoms with Gasteiger partial charge >= 0.3 is 0 Å². The fourth-order valence-electron chi connectivity index (χ4n) is 3.78. The minimum Gasteiger partial charge on any atom is -0.468 e. The number of aliphatic hydroxyl groups is 1. The van der Waals surface area contributed by atoms with Gasteiger partial charge in [-0.1, -0.05) is 24.3 Å². The van der Waals surface area contributed by atoms with E-state index in [4.69, 9.17) is 4.42 Å². The van der Waals surface area contributed by atoms with Crippen molar-refractivity contribution in [2.24, 2.45) is 0 Å². The Bertz CT molecular complexity index is 1100. The van der Waals surface area contributed by atoms with Crippen molar-refractivity contribution in [3.63, 3.8) is 0 Å². The molecule has 0 bridgehead atoms. The fourth-order valence-corrected chi connectivity index (χ4v) is 7.48. The zero-order chi connectivity index (χ0) is 19.9. The molecule has 28 heavy (non-hydrogen) atoms. The maximum atomic E-state index is 13.5. The van der Waals surface area contributed by atoms with Crippen LogP contribution in [0.15, 0.2) is 52.0 Å². The second-order valence-corrected chi connectivity index (χ2v) is 11.2. The summed E-state index contributed by atoms with van der Waals surface area (Å²) in [6, 6.07) is 9.80. The molecule has 1 aromatic carbocycles. The van der Waals surface area contributed by atoms with Crippen molar-refractivity contribution >= 4 is 25.9 Å². The van der Waals surface area contributed by atoms with Gasteiger partial charge in [-0.05, 0) is 42.2 Å². The molecule has 2 aromatic rings. The van der Waals surface area contributed by atoms with Crippen LogP contribution >= 0.6 is 0 Å².